The third-order valence-corrected chi connectivity index (χ3v) is 6.55. The summed E-state index contributed by atoms with van der Waals surface area (Å²) in [4.78, 5) is 24.6. The third-order valence-electron chi connectivity index (χ3n) is 6.55. The number of aliphatic hydroxyl groups excluding tert-OH is 1. The Morgan fingerprint density at radius 1 is 1.08 bits per heavy atom. The molecule has 0 radical (unpaired) electrons. The number of carbonyl (C=O) groups excluding carboxylic acids is 1. The van der Waals surface area contributed by atoms with Gasteiger partial charge in [0, 0.05) is 0 Å². The lowest BCUT2D eigenvalue weighted by Gasteiger charge is -2.34. The number of carboxylic acids is 1. The molecule has 2 fully saturated rings. The van der Waals surface area contributed by atoms with Crippen LogP contribution in [0.4, 0.5) is 0 Å². The van der Waals surface area contributed by atoms with E-state index in [1.165, 1.54) is 5.56 Å². The van der Waals surface area contributed by atoms with E-state index < -0.39 is 28.9 Å². The first-order chi connectivity index (χ1) is 11.5. The topological polar surface area (TPSA) is 86.6 Å². The number of nitrogens with one attached hydrogen (secondary N) is 1. The highest BCUT2D eigenvalue weighted by molar-refractivity contribution is 5.87. The van der Waals surface area contributed by atoms with Crippen LogP contribution in [0.1, 0.15) is 55.7 Å². The van der Waals surface area contributed by atoms with Gasteiger partial charge in [0.1, 0.15) is 0 Å². The fraction of sp³-hybridized carbons (Fsp3) is 0.579. The number of aliphatic hydroxyl groups is 1. The number of hydrogen-bond acceptors (Lipinski definition) is 3. The van der Waals surface area contributed by atoms with Crippen LogP contribution in [0.15, 0.2) is 24.3 Å². The van der Waals surface area contributed by atoms with Gasteiger partial charge in [-0.05, 0) is 56.1 Å². The van der Waals surface area contributed by atoms with Gasteiger partial charge in [0.2, 0.25) is 5.91 Å². The van der Waals surface area contributed by atoms with Gasteiger partial charge >= 0.3 is 5.97 Å². The minimum atomic E-state index is -0.766. The molecular weight excluding hydrogens is 306 g/mol. The predicted molar refractivity (Wildman–Crippen MR) is 87.2 cm³/mol. The second-order valence-corrected chi connectivity index (χ2v) is 7.80. The molecule has 0 spiro atoms. The average Bonchev–Trinajstić information content (AvgIpc) is 3.17. The van der Waals surface area contributed by atoms with Crippen molar-refractivity contribution in [1.82, 2.24) is 5.32 Å². The van der Waals surface area contributed by atoms with Gasteiger partial charge in [0.05, 0.1) is 23.0 Å². The maximum absolute atomic E-state index is 13.0. The summed E-state index contributed by atoms with van der Waals surface area (Å²) in [6, 6.07) is 7.51. The fourth-order valence-corrected chi connectivity index (χ4v) is 5.02. The van der Waals surface area contributed by atoms with E-state index in [1.807, 2.05) is 24.3 Å². The van der Waals surface area contributed by atoms with Crippen LogP contribution in [0, 0.1) is 10.8 Å². The molecule has 0 saturated heterocycles. The van der Waals surface area contributed by atoms with Crippen molar-refractivity contribution in [3.63, 3.8) is 0 Å². The van der Waals surface area contributed by atoms with E-state index in [-0.39, 0.29) is 5.91 Å². The fourth-order valence-electron chi connectivity index (χ4n) is 5.02. The quantitative estimate of drug-likeness (QED) is 0.793. The minimum Gasteiger partial charge on any atom is -0.481 e. The number of carboxylic acid groups (broad SMARTS) is 1. The lowest BCUT2D eigenvalue weighted by molar-refractivity contribution is -0.148. The summed E-state index contributed by atoms with van der Waals surface area (Å²) in [5.74, 6) is -0.846. The van der Waals surface area contributed by atoms with Crippen molar-refractivity contribution in [3.05, 3.63) is 35.4 Å². The molecule has 1 amide bonds. The zero-order valence-electron chi connectivity index (χ0n) is 13.6. The maximum atomic E-state index is 13.0. The predicted octanol–water partition coefficient (Wildman–Crippen LogP) is 2.19. The number of benzene rings is 1. The van der Waals surface area contributed by atoms with Crippen molar-refractivity contribution in [2.75, 3.05) is 0 Å². The van der Waals surface area contributed by atoms with Crippen LogP contribution in [0.3, 0.4) is 0 Å². The molecule has 0 aromatic heterocycles. The number of carbonyl (C=O) groups is 2. The molecule has 1 aromatic rings. The Morgan fingerprint density at radius 2 is 1.75 bits per heavy atom. The molecule has 0 aliphatic heterocycles. The smallest absolute Gasteiger partial charge is 0.309 e. The first kappa shape index (κ1) is 15.6. The number of aliphatic carboxylic acids is 1. The molecule has 128 valence electrons. The molecule has 24 heavy (non-hydrogen) atoms. The van der Waals surface area contributed by atoms with Gasteiger partial charge in [-0.25, -0.2) is 0 Å². The second-order valence-electron chi connectivity index (χ2n) is 7.80. The van der Waals surface area contributed by atoms with E-state index in [2.05, 4.69) is 5.32 Å². The van der Waals surface area contributed by atoms with Crippen LogP contribution in [-0.4, -0.2) is 28.2 Å². The monoisotopic (exact) mass is 329 g/mol. The Hall–Kier alpha value is -1.88. The summed E-state index contributed by atoms with van der Waals surface area (Å²) < 4.78 is 0. The summed E-state index contributed by atoms with van der Waals surface area (Å²) in [5.41, 5.74) is 0.884. The molecule has 2 bridgehead atoms. The number of hydrogen-bond donors (Lipinski definition) is 3. The zero-order valence-corrected chi connectivity index (χ0v) is 13.6. The van der Waals surface area contributed by atoms with E-state index in [0.29, 0.717) is 38.5 Å². The largest absolute Gasteiger partial charge is 0.481 e. The molecular formula is C19H23NO4. The average molecular weight is 329 g/mol. The molecule has 5 heteroatoms. The van der Waals surface area contributed by atoms with Crippen LogP contribution in [-0.2, 0) is 16.0 Å². The molecule has 2 atom stereocenters. The van der Waals surface area contributed by atoms with Gasteiger partial charge in [-0.2, -0.15) is 0 Å². The maximum Gasteiger partial charge on any atom is 0.309 e. The highest BCUT2D eigenvalue weighted by Gasteiger charge is 2.61. The summed E-state index contributed by atoms with van der Waals surface area (Å²) in [6.07, 6.45) is 3.73. The number of amides is 1. The van der Waals surface area contributed by atoms with Gasteiger partial charge in [-0.3, -0.25) is 9.59 Å². The summed E-state index contributed by atoms with van der Waals surface area (Å²) >= 11 is 0. The zero-order chi connectivity index (χ0) is 16.9. The molecule has 0 heterocycles. The SMILES string of the molecule is O=C(O)C12CCC(C(=O)N[C@H]3c4ccccc4CC[C@H]3O)(CC1)C2. The van der Waals surface area contributed by atoms with Crippen LogP contribution < -0.4 is 5.32 Å². The van der Waals surface area contributed by atoms with Gasteiger partial charge in [-0.15, -0.1) is 0 Å². The molecule has 2 saturated carbocycles. The highest BCUT2D eigenvalue weighted by atomic mass is 16.4. The number of rotatable bonds is 3. The molecule has 3 aliphatic rings. The molecule has 0 unspecified atom stereocenters. The second kappa shape index (κ2) is 5.31. The van der Waals surface area contributed by atoms with Crippen molar-refractivity contribution in [2.45, 2.75) is 57.1 Å². The van der Waals surface area contributed by atoms with Gasteiger partial charge in [-0.1, -0.05) is 24.3 Å². The van der Waals surface area contributed by atoms with Crippen LogP contribution in [0.5, 0.6) is 0 Å². The normalized spacial score (nSPS) is 37.0. The lowest BCUT2D eigenvalue weighted by atomic mass is 9.80. The number of aryl methyl sites for hydroxylation is 1. The van der Waals surface area contributed by atoms with E-state index in [9.17, 15) is 19.8 Å². The molecule has 3 aliphatic carbocycles. The van der Waals surface area contributed by atoms with Crippen molar-refractivity contribution in [1.29, 1.82) is 0 Å². The van der Waals surface area contributed by atoms with Crippen molar-refractivity contribution in [2.24, 2.45) is 10.8 Å². The summed E-state index contributed by atoms with van der Waals surface area (Å²) in [7, 11) is 0. The Kier molecular flexibility index (Phi) is 3.46. The first-order valence-electron chi connectivity index (χ1n) is 8.76. The van der Waals surface area contributed by atoms with Gasteiger partial charge in [0.15, 0.2) is 0 Å². The number of fused-ring (bicyclic) bond motifs is 3. The Morgan fingerprint density at radius 3 is 2.42 bits per heavy atom. The van der Waals surface area contributed by atoms with Crippen LogP contribution in [0.25, 0.3) is 0 Å². The highest BCUT2D eigenvalue weighted by Crippen LogP contribution is 2.61. The lowest BCUT2D eigenvalue weighted by Crippen LogP contribution is -2.45. The molecule has 1 aromatic carbocycles. The Bertz CT molecular complexity index is 690. The van der Waals surface area contributed by atoms with E-state index in [4.69, 9.17) is 0 Å². The summed E-state index contributed by atoms with van der Waals surface area (Å²) in [5, 5.41) is 23.0. The van der Waals surface area contributed by atoms with Gasteiger partial charge in [0.25, 0.3) is 0 Å². The van der Waals surface area contributed by atoms with E-state index in [1.54, 1.807) is 0 Å². The van der Waals surface area contributed by atoms with Crippen molar-refractivity contribution in [3.8, 4) is 0 Å². The van der Waals surface area contributed by atoms with E-state index in [0.717, 1.165) is 12.0 Å². The Labute approximate surface area is 141 Å². The van der Waals surface area contributed by atoms with Crippen LogP contribution in [0.2, 0.25) is 0 Å². The Balaban J connectivity index is 1.56. The summed E-state index contributed by atoms with van der Waals surface area (Å²) in [6.45, 7) is 0. The molecule has 4 rings (SSSR count). The van der Waals surface area contributed by atoms with E-state index >= 15 is 0 Å². The van der Waals surface area contributed by atoms with Crippen LogP contribution >= 0.6 is 0 Å². The standard InChI is InChI=1S/C19H23NO4/c21-14-6-5-12-3-1-2-4-13(12)15(14)20-16(22)18-7-9-19(11-18,10-8-18)17(23)24/h1-4,14-15,21H,5-11H2,(H,20,22)(H,23,24)/t14-,15+,18?,19?/m1/s1. The first-order valence-corrected chi connectivity index (χ1v) is 8.76. The van der Waals surface area contributed by atoms with Crippen molar-refractivity contribution >= 4 is 11.9 Å². The van der Waals surface area contributed by atoms with Gasteiger partial charge < -0.3 is 15.5 Å². The minimum absolute atomic E-state index is 0.0797. The third kappa shape index (κ3) is 2.18. The molecule has 5 nitrogen and oxygen atoms in total. The van der Waals surface area contributed by atoms with Crippen molar-refractivity contribution < 1.29 is 19.8 Å². The molecule has 3 N–H and O–H groups in total.